The van der Waals surface area contributed by atoms with Crippen molar-refractivity contribution in [3.63, 3.8) is 0 Å². The monoisotopic (exact) mass is 632 g/mol. The summed E-state index contributed by atoms with van der Waals surface area (Å²) in [4.78, 5) is 23.6. The van der Waals surface area contributed by atoms with Crippen LogP contribution in [0.2, 0.25) is 0 Å². The molecule has 5 heterocycles. The Labute approximate surface area is 244 Å². The quantitative estimate of drug-likeness (QED) is 0.305. The van der Waals surface area contributed by atoms with Gasteiger partial charge in [0.1, 0.15) is 11.6 Å². The second kappa shape index (κ2) is 10.7. The van der Waals surface area contributed by atoms with Crippen LogP contribution in [-0.2, 0) is 13.0 Å². The molecule has 2 aromatic heterocycles. The fourth-order valence-corrected chi connectivity index (χ4v) is 6.14. The van der Waals surface area contributed by atoms with E-state index < -0.39 is 0 Å². The first-order chi connectivity index (χ1) is 18.9. The maximum Gasteiger partial charge on any atom is 0.194 e. The largest absolute Gasteiger partial charge is 0.367 e. The highest BCUT2D eigenvalue weighted by Gasteiger charge is 2.29. The van der Waals surface area contributed by atoms with Crippen LogP contribution in [0, 0.1) is 21.1 Å². The SMILES string of the molecule is C=C(c1ccc(-c2ccc3c(c2)CN(c2cc(N4CCN(C)CC4)nc(I)n2)C(C)C3)cn1)N1CC(C#N)C1. The molecule has 2 saturated heterocycles. The topological polar surface area (TPSA) is 75.4 Å². The minimum atomic E-state index is 0.1000. The Bertz CT molecular complexity index is 1420. The van der Waals surface area contributed by atoms with E-state index >= 15 is 0 Å². The Balaban J connectivity index is 1.21. The first-order valence-corrected chi connectivity index (χ1v) is 14.6. The molecule has 200 valence electrons. The molecule has 0 amide bonds. The third-order valence-corrected chi connectivity index (χ3v) is 8.71. The van der Waals surface area contributed by atoms with E-state index in [1.54, 1.807) is 0 Å². The van der Waals surface area contributed by atoms with Gasteiger partial charge in [-0.2, -0.15) is 5.26 Å². The lowest BCUT2D eigenvalue weighted by Gasteiger charge is -2.38. The van der Waals surface area contributed by atoms with Crippen molar-refractivity contribution in [1.29, 1.82) is 5.26 Å². The van der Waals surface area contributed by atoms with E-state index in [0.29, 0.717) is 6.04 Å². The number of nitriles is 1. The Hall–Kier alpha value is -3.23. The van der Waals surface area contributed by atoms with Crippen molar-refractivity contribution < 1.29 is 0 Å². The minimum Gasteiger partial charge on any atom is -0.367 e. The molecule has 0 saturated carbocycles. The van der Waals surface area contributed by atoms with E-state index in [-0.39, 0.29) is 5.92 Å². The molecule has 3 aliphatic heterocycles. The number of halogens is 1. The highest BCUT2D eigenvalue weighted by Crippen LogP contribution is 2.33. The molecule has 1 aromatic carbocycles. The number of benzene rings is 1. The summed E-state index contributed by atoms with van der Waals surface area (Å²) in [5, 5.41) is 9.05. The summed E-state index contributed by atoms with van der Waals surface area (Å²) in [5.41, 5.74) is 6.73. The van der Waals surface area contributed by atoms with Gasteiger partial charge in [-0.1, -0.05) is 24.8 Å². The second-order valence-electron chi connectivity index (χ2n) is 10.9. The lowest BCUT2D eigenvalue weighted by molar-refractivity contribution is 0.221. The van der Waals surface area contributed by atoms with Crippen molar-refractivity contribution in [3.05, 3.63) is 69.8 Å². The van der Waals surface area contributed by atoms with E-state index in [9.17, 15) is 0 Å². The normalized spacial score (nSPS) is 19.8. The molecule has 0 radical (unpaired) electrons. The van der Waals surface area contributed by atoms with Crippen molar-refractivity contribution in [1.82, 2.24) is 24.8 Å². The molecule has 0 N–H and O–H groups in total. The molecule has 0 aliphatic carbocycles. The summed E-state index contributed by atoms with van der Waals surface area (Å²) in [5.74, 6) is 2.13. The summed E-state index contributed by atoms with van der Waals surface area (Å²) in [6, 6.07) is 15.8. The number of likely N-dealkylation sites (N-methyl/N-ethyl adjacent to an activating group) is 1. The number of pyridine rings is 1. The summed E-state index contributed by atoms with van der Waals surface area (Å²) in [6.07, 6.45) is 2.92. The number of hydrogen-bond donors (Lipinski definition) is 0. The molecule has 3 aromatic rings. The van der Waals surface area contributed by atoms with E-state index in [4.69, 9.17) is 20.2 Å². The van der Waals surface area contributed by atoms with Crippen LogP contribution < -0.4 is 9.80 Å². The zero-order valence-corrected chi connectivity index (χ0v) is 24.7. The lowest BCUT2D eigenvalue weighted by atomic mass is 9.91. The molecule has 0 bridgehead atoms. The fourth-order valence-electron chi connectivity index (χ4n) is 5.64. The average molecular weight is 633 g/mol. The van der Waals surface area contributed by atoms with Gasteiger partial charge in [0.25, 0.3) is 0 Å². The molecular formula is C30H33IN8. The van der Waals surface area contributed by atoms with Gasteiger partial charge in [-0.25, -0.2) is 9.97 Å². The van der Waals surface area contributed by atoms with Crippen molar-refractivity contribution in [2.24, 2.45) is 5.92 Å². The minimum absolute atomic E-state index is 0.1000. The van der Waals surface area contributed by atoms with Gasteiger partial charge in [0.05, 0.1) is 23.4 Å². The third-order valence-electron chi connectivity index (χ3n) is 8.23. The Morgan fingerprint density at radius 3 is 2.46 bits per heavy atom. The fraction of sp³-hybridized carbons (Fsp3) is 0.400. The van der Waals surface area contributed by atoms with Gasteiger partial charge >= 0.3 is 0 Å². The maximum atomic E-state index is 9.05. The van der Waals surface area contributed by atoms with Gasteiger partial charge < -0.3 is 19.6 Å². The zero-order chi connectivity index (χ0) is 27.1. The van der Waals surface area contributed by atoms with Crippen LogP contribution in [0.1, 0.15) is 23.7 Å². The van der Waals surface area contributed by atoms with E-state index in [1.807, 2.05) is 12.3 Å². The number of fused-ring (bicyclic) bond motifs is 1. The molecule has 3 aliphatic rings. The molecule has 6 rings (SSSR count). The van der Waals surface area contributed by atoms with Gasteiger partial charge in [0.2, 0.25) is 0 Å². The van der Waals surface area contributed by atoms with Crippen LogP contribution in [0.3, 0.4) is 0 Å². The number of nitrogens with zero attached hydrogens (tertiary/aromatic N) is 8. The Morgan fingerprint density at radius 1 is 1.00 bits per heavy atom. The molecule has 9 heteroatoms. The predicted octanol–water partition coefficient (Wildman–Crippen LogP) is 4.27. The van der Waals surface area contributed by atoms with Crippen LogP contribution in [0.25, 0.3) is 16.8 Å². The van der Waals surface area contributed by atoms with Crippen molar-refractivity contribution in [2.45, 2.75) is 25.9 Å². The summed E-state index contributed by atoms with van der Waals surface area (Å²) in [6.45, 7) is 12.9. The first kappa shape index (κ1) is 26.0. The number of aromatic nitrogens is 3. The molecule has 1 unspecified atom stereocenters. The van der Waals surface area contributed by atoms with Crippen LogP contribution >= 0.6 is 22.6 Å². The number of likely N-dealkylation sites (tertiary alicyclic amines) is 1. The van der Waals surface area contributed by atoms with Crippen molar-refractivity contribution in [3.8, 4) is 17.2 Å². The number of anilines is 2. The molecule has 1 atom stereocenters. The van der Waals surface area contributed by atoms with Crippen molar-refractivity contribution in [2.75, 3.05) is 56.1 Å². The average Bonchev–Trinajstić information content (AvgIpc) is 2.92. The Morgan fingerprint density at radius 2 is 1.74 bits per heavy atom. The molecule has 2 fully saturated rings. The highest BCUT2D eigenvalue weighted by atomic mass is 127. The van der Waals surface area contributed by atoms with Gasteiger partial charge in [0, 0.05) is 92.3 Å². The highest BCUT2D eigenvalue weighted by molar-refractivity contribution is 14.1. The first-order valence-electron chi connectivity index (χ1n) is 13.5. The van der Waals surface area contributed by atoms with E-state index in [1.165, 1.54) is 11.1 Å². The molecule has 8 nitrogen and oxygen atoms in total. The van der Waals surface area contributed by atoms with Crippen molar-refractivity contribution >= 4 is 39.9 Å². The maximum absolute atomic E-state index is 9.05. The molecule has 0 spiro atoms. The number of rotatable bonds is 5. The standard InChI is InChI=1S/C30H33IN8/c1-20-12-23-4-5-24(25-6-7-27(33-16-25)21(2)38-17-22(15-32)18-38)13-26(23)19-39(20)29-14-28(34-30(31)35-29)37-10-8-36(3)9-11-37/h4-7,13-14,16,20,22H,2,8-12,17-19H2,1,3H3. The second-order valence-corrected chi connectivity index (χ2v) is 11.9. The molecular weight excluding hydrogens is 599 g/mol. The predicted molar refractivity (Wildman–Crippen MR) is 163 cm³/mol. The number of hydrogen-bond acceptors (Lipinski definition) is 8. The van der Waals surface area contributed by atoms with Gasteiger partial charge in [-0.3, -0.25) is 4.98 Å². The lowest BCUT2D eigenvalue weighted by Crippen LogP contribution is -2.45. The third kappa shape index (κ3) is 5.32. The van der Waals surface area contributed by atoms with Gasteiger partial charge in [-0.15, -0.1) is 0 Å². The van der Waals surface area contributed by atoms with Crippen LogP contribution in [-0.4, -0.2) is 77.1 Å². The van der Waals surface area contributed by atoms with Crippen LogP contribution in [0.5, 0.6) is 0 Å². The zero-order valence-electron chi connectivity index (χ0n) is 22.5. The van der Waals surface area contributed by atoms with E-state index in [0.717, 1.165) is 90.2 Å². The van der Waals surface area contributed by atoms with Gasteiger partial charge in [-0.05, 0) is 49.2 Å². The van der Waals surface area contributed by atoms with Gasteiger partial charge in [0.15, 0.2) is 3.83 Å². The summed E-state index contributed by atoms with van der Waals surface area (Å²) >= 11 is 2.25. The van der Waals surface area contributed by atoms with E-state index in [2.05, 4.69) is 99.1 Å². The van der Waals surface area contributed by atoms with Crippen LogP contribution in [0.4, 0.5) is 11.6 Å². The summed E-state index contributed by atoms with van der Waals surface area (Å²) < 4.78 is 0.792. The smallest absolute Gasteiger partial charge is 0.194 e. The number of piperazine rings is 1. The molecule has 39 heavy (non-hydrogen) atoms. The summed E-state index contributed by atoms with van der Waals surface area (Å²) in [7, 11) is 2.17. The Kier molecular flexibility index (Phi) is 7.16. The van der Waals surface area contributed by atoms with Crippen LogP contribution in [0.15, 0.2) is 49.2 Å².